The minimum absolute atomic E-state index is 0.0480. The Kier molecular flexibility index (Phi) is 4.01. The fourth-order valence-corrected chi connectivity index (χ4v) is 3.68. The first-order valence-electron chi connectivity index (χ1n) is 7.82. The van der Waals surface area contributed by atoms with Crippen LogP contribution in [-0.2, 0) is 13.2 Å². The molecule has 1 aliphatic rings. The Bertz CT molecular complexity index is 1040. The van der Waals surface area contributed by atoms with E-state index in [4.69, 9.17) is 4.74 Å². The number of thiazole rings is 1. The largest absolute Gasteiger partial charge is 0.489 e. The van der Waals surface area contributed by atoms with E-state index in [2.05, 4.69) is 4.99 Å². The van der Waals surface area contributed by atoms with Crippen molar-refractivity contribution in [3.05, 3.63) is 85.4 Å². The molecule has 4 rings (SSSR count). The van der Waals surface area contributed by atoms with E-state index in [1.165, 1.54) is 11.3 Å². The summed E-state index contributed by atoms with van der Waals surface area (Å²) in [6.07, 6.45) is 1.91. The lowest BCUT2D eigenvalue weighted by atomic mass is 10.2. The summed E-state index contributed by atoms with van der Waals surface area (Å²) in [7, 11) is 0. The predicted octanol–water partition coefficient (Wildman–Crippen LogP) is 1.95. The van der Waals surface area contributed by atoms with Crippen LogP contribution in [0.1, 0.15) is 11.1 Å². The maximum Gasteiger partial charge on any atom is 0.270 e. The van der Waals surface area contributed by atoms with Gasteiger partial charge in [0, 0.05) is 6.54 Å². The SMILES string of the molecule is O=c1/c(=C\c2cccc(OCc3ccccc3)c2)sc2n1CCN=2. The summed E-state index contributed by atoms with van der Waals surface area (Å²) in [6.45, 7) is 1.93. The van der Waals surface area contributed by atoms with E-state index in [0.717, 1.165) is 21.7 Å². The van der Waals surface area contributed by atoms with Crippen molar-refractivity contribution in [3.8, 4) is 5.75 Å². The number of aromatic nitrogens is 1. The molecule has 0 bridgehead atoms. The van der Waals surface area contributed by atoms with Gasteiger partial charge in [0.1, 0.15) is 12.4 Å². The van der Waals surface area contributed by atoms with E-state index in [-0.39, 0.29) is 5.56 Å². The maximum absolute atomic E-state index is 12.3. The summed E-state index contributed by atoms with van der Waals surface area (Å²) >= 11 is 1.45. The first-order valence-corrected chi connectivity index (χ1v) is 8.64. The van der Waals surface area contributed by atoms with E-state index in [0.29, 0.717) is 24.2 Å². The molecule has 4 nitrogen and oxygen atoms in total. The summed E-state index contributed by atoms with van der Waals surface area (Å²) in [6, 6.07) is 17.8. The van der Waals surface area contributed by atoms with Gasteiger partial charge in [0.15, 0.2) is 4.80 Å². The maximum atomic E-state index is 12.3. The molecule has 1 aliphatic heterocycles. The van der Waals surface area contributed by atoms with Crippen molar-refractivity contribution in [3.63, 3.8) is 0 Å². The van der Waals surface area contributed by atoms with Crippen LogP contribution in [0.25, 0.3) is 6.08 Å². The zero-order chi connectivity index (χ0) is 16.4. The number of nitrogens with zero attached hydrogens (tertiary/aromatic N) is 2. The number of fused-ring (bicyclic) bond motifs is 1. The minimum atomic E-state index is 0.0480. The molecule has 5 heteroatoms. The van der Waals surface area contributed by atoms with E-state index < -0.39 is 0 Å². The molecule has 120 valence electrons. The first kappa shape index (κ1) is 14.9. The van der Waals surface area contributed by atoms with Crippen molar-refractivity contribution >= 4 is 17.4 Å². The molecule has 2 aromatic carbocycles. The summed E-state index contributed by atoms with van der Waals surface area (Å²) in [4.78, 5) is 17.5. The lowest BCUT2D eigenvalue weighted by Gasteiger charge is -2.06. The van der Waals surface area contributed by atoms with Crippen molar-refractivity contribution in [2.45, 2.75) is 13.2 Å². The quantitative estimate of drug-likeness (QED) is 0.731. The zero-order valence-electron chi connectivity index (χ0n) is 13.0. The molecule has 0 atom stereocenters. The Morgan fingerprint density at radius 2 is 2.04 bits per heavy atom. The van der Waals surface area contributed by atoms with Crippen LogP contribution in [0.3, 0.4) is 0 Å². The molecule has 0 spiro atoms. The van der Waals surface area contributed by atoms with Crippen molar-refractivity contribution in [1.29, 1.82) is 0 Å². The summed E-state index contributed by atoms with van der Waals surface area (Å²) < 4.78 is 8.30. The predicted molar refractivity (Wildman–Crippen MR) is 95.0 cm³/mol. The molecule has 0 fully saturated rings. The van der Waals surface area contributed by atoms with Gasteiger partial charge in [-0.2, -0.15) is 0 Å². The van der Waals surface area contributed by atoms with Gasteiger partial charge in [-0.25, -0.2) is 0 Å². The van der Waals surface area contributed by atoms with E-state index in [9.17, 15) is 4.79 Å². The second-order valence-corrected chi connectivity index (χ2v) is 6.59. The van der Waals surface area contributed by atoms with Gasteiger partial charge < -0.3 is 4.74 Å². The standard InChI is InChI=1S/C19H16N2O2S/c22-18-17(24-19-20-9-10-21(18)19)12-15-7-4-8-16(11-15)23-13-14-5-2-1-3-6-14/h1-8,11-12H,9-10,13H2/b17-12+. The van der Waals surface area contributed by atoms with Crippen LogP contribution in [0.2, 0.25) is 0 Å². The Morgan fingerprint density at radius 1 is 1.17 bits per heavy atom. The third-order valence-corrected chi connectivity index (χ3v) is 4.91. The summed E-state index contributed by atoms with van der Waals surface area (Å²) in [5, 5.41) is 0. The lowest BCUT2D eigenvalue weighted by molar-refractivity contribution is 0.306. The monoisotopic (exact) mass is 336 g/mol. The van der Waals surface area contributed by atoms with Crippen LogP contribution >= 0.6 is 11.3 Å². The lowest BCUT2D eigenvalue weighted by Crippen LogP contribution is -2.29. The average Bonchev–Trinajstić information content (AvgIpc) is 3.18. The molecular weight excluding hydrogens is 320 g/mol. The van der Waals surface area contributed by atoms with Gasteiger partial charge in [-0.05, 0) is 29.3 Å². The topological polar surface area (TPSA) is 43.6 Å². The van der Waals surface area contributed by atoms with Crippen molar-refractivity contribution in [2.75, 3.05) is 6.54 Å². The highest BCUT2D eigenvalue weighted by Gasteiger charge is 2.09. The van der Waals surface area contributed by atoms with Gasteiger partial charge in [-0.3, -0.25) is 14.4 Å². The Balaban J connectivity index is 1.59. The number of ether oxygens (including phenoxy) is 1. The van der Waals surface area contributed by atoms with Crippen molar-refractivity contribution in [2.24, 2.45) is 4.99 Å². The van der Waals surface area contributed by atoms with Gasteiger partial charge in [-0.1, -0.05) is 53.8 Å². The van der Waals surface area contributed by atoms with Gasteiger partial charge in [0.25, 0.3) is 5.56 Å². The number of benzene rings is 2. The van der Waals surface area contributed by atoms with Crippen LogP contribution in [0.15, 0.2) is 64.4 Å². The molecule has 0 aliphatic carbocycles. The highest BCUT2D eigenvalue weighted by molar-refractivity contribution is 7.07. The van der Waals surface area contributed by atoms with Gasteiger partial charge in [-0.15, -0.1) is 0 Å². The van der Waals surface area contributed by atoms with E-state index in [1.807, 2.05) is 60.7 Å². The minimum Gasteiger partial charge on any atom is -0.489 e. The molecule has 0 saturated heterocycles. The van der Waals surface area contributed by atoms with Crippen LogP contribution in [0.5, 0.6) is 5.75 Å². The third kappa shape index (κ3) is 3.03. The molecule has 2 heterocycles. The Labute approximate surface area is 143 Å². The number of hydrogen-bond acceptors (Lipinski definition) is 4. The normalized spacial score (nSPS) is 13.6. The van der Waals surface area contributed by atoms with Crippen LogP contribution in [0.4, 0.5) is 0 Å². The van der Waals surface area contributed by atoms with Crippen LogP contribution in [-0.4, -0.2) is 11.1 Å². The smallest absolute Gasteiger partial charge is 0.270 e. The molecule has 24 heavy (non-hydrogen) atoms. The fourth-order valence-electron chi connectivity index (χ4n) is 2.66. The summed E-state index contributed by atoms with van der Waals surface area (Å²) in [5.41, 5.74) is 2.13. The first-order chi connectivity index (χ1) is 11.8. The van der Waals surface area contributed by atoms with Gasteiger partial charge in [0.2, 0.25) is 0 Å². The molecular formula is C19H16N2O2S. The molecule has 0 unspecified atom stereocenters. The van der Waals surface area contributed by atoms with Crippen molar-refractivity contribution in [1.82, 2.24) is 4.57 Å². The van der Waals surface area contributed by atoms with Gasteiger partial charge >= 0.3 is 0 Å². The van der Waals surface area contributed by atoms with Crippen LogP contribution < -0.4 is 19.6 Å². The second kappa shape index (κ2) is 6.45. The molecule has 1 aromatic heterocycles. The fraction of sp³-hybridized carbons (Fsp3) is 0.158. The Morgan fingerprint density at radius 3 is 2.88 bits per heavy atom. The molecule has 0 saturated carbocycles. The Hall–Kier alpha value is -2.66. The molecule has 0 radical (unpaired) electrons. The van der Waals surface area contributed by atoms with Crippen molar-refractivity contribution < 1.29 is 4.74 Å². The van der Waals surface area contributed by atoms with E-state index >= 15 is 0 Å². The second-order valence-electron chi connectivity index (χ2n) is 5.58. The summed E-state index contributed by atoms with van der Waals surface area (Å²) in [5.74, 6) is 0.793. The average molecular weight is 336 g/mol. The number of hydrogen-bond donors (Lipinski definition) is 0. The van der Waals surface area contributed by atoms with Gasteiger partial charge in [0.05, 0.1) is 11.1 Å². The molecule has 3 aromatic rings. The highest BCUT2D eigenvalue weighted by Crippen LogP contribution is 2.15. The third-order valence-electron chi connectivity index (χ3n) is 3.86. The zero-order valence-corrected chi connectivity index (χ0v) is 13.8. The van der Waals surface area contributed by atoms with E-state index in [1.54, 1.807) is 4.57 Å². The highest BCUT2D eigenvalue weighted by atomic mass is 32.1. The van der Waals surface area contributed by atoms with Crippen LogP contribution in [0, 0.1) is 0 Å². The number of rotatable bonds is 4. The molecule has 0 N–H and O–H groups in total. The molecule has 0 amide bonds.